The summed E-state index contributed by atoms with van der Waals surface area (Å²) in [5, 5.41) is 0. The molecule has 0 fully saturated rings. The molecular formula is C15H11. The maximum absolute atomic E-state index is 3.75. The van der Waals surface area contributed by atoms with Crippen molar-refractivity contribution in [1.82, 2.24) is 0 Å². The number of fused-ring (bicyclic) bond motifs is 3. The van der Waals surface area contributed by atoms with E-state index in [9.17, 15) is 0 Å². The van der Waals surface area contributed by atoms with Crippen LogP contribution < -0.4 is 0 Å². The van der Waals surface area contributed by atoms with Crippen LogP contribution in [0.2, 0.25) is 0 Å². The third kappa shape index (κ3) is 1.15. The molecule has 0 aromatic heterocycles. The van der Waals surface area contributed by atoms with Crippen LogP contribution in [0.1, 0.15) is 16.7 Å². The van der Waals surface area contributed by atoms with Crippen molar-refractivity contribution < 1.29 is 0 Å². The fourth-order valence-corrected chi connectivity index (χ4v) is 2.32. The predicted octanol–water partition coefficient (Wildman–Crippen LogP) is 3.60. The third-order valence-corrected chi connectivity index (χ3v) is 3.04. The van der Waals surface area contributed by atoms with Gasteiger partial charge in [-0.3, -0.25) is 0 Å². The molecule has 3 rings (SSSR count). The standard InChI is InChI=1S/C15H11/c1-2-11-7-5-9-14-13-8-4-3-6-12(13)10-15(11)14/h3-9H,1,10H2. The van der Waals surface area contributed by atoms with E-state index < -0.39 is 0 Å². The lowest BCUT2D eigenvalue weighted by molar-refractivity contribution is 1.24. The molecular weight excluding hydrogens is 180 g/mol. The summed E-state index contributed by atoms with van der Waals surface area (Å²) in [4.78, 5) is 0. The van der Waals surface area contributed by atoms with E-state index in [4.69, 9.17) is 0 Å². The van der Waals surface area contributed by atoms with Crippen LogP contribution in [-0.2, 0) is 6.42 Å². The topological polar surface area (TPSA) is 0 Å². The summed E-state index contributed by atoms with van der Waals surface area (Å²) < 4.78 is 0. The Hall–Kier alpha value is -1.82. The molecule has 0 aliphatic heterocycles. The Morgan fingerprint density at radius 2 is 1.73 bits per heavy atom. The molecule has 0 atom stereocenters. The van der Waals surface area contributed by atoms with Gasteiger partial charge in [-0.15, -0.1) is 0 Å². The van der Waals surface area contributed by atoms with Crippen molar-refractivity contribution >= 4 is 0 Å². The van der Waals surface area contributed by atoms with Gasteiger partial charge in [0.15, 0.2) is 0 Å². The first-order valence-electron chi connectivity index (χ1n) is 5.13. The SMILES string of the molecule is C=[C]c1cccc2c1Cc1ccccc1-2. The average Bonchev–Trinajstić information content (AvgIpc) is 2.67. The Bertz CT molecular complexity index is 535. The van der Waals surface area contributed by atoms with Crippen LogP contribution in [0.15, 0.2) is 49.0 Å². The van der Waals surface area contributed by atoms with Crippen LogP contribution >= 0.6 is 0 Å². The van der Waals surface area contributed by atoms with Crippen LogP contribution in [0.4, 0.5) is 0 Å². The highest BCUT2D eigenvalue weighted by molar-refractivity contribution is 5.78. The van der Waals surface area contributed by atoms with E-state index >= 15 is 0 Å². The predicted molar refractivity (Wildman–Crippen MR) is 62.7 cm³/mol. The summed E-state index contributed by atoms with van der Waals surface area (Å²) in [6, 6.07) is 14.9. The van der Waals surface area contributed by atoms with Gasteiger partial charge in [-0.05, 0) is 40.3 Å². The average molecular weight is 191 g/mol. The van der Waals surface area contributed by atoms with Gasteiger partial charge in [0.2, 0.25) is 0 Å². The smallest absolute Gasteiger partial charge is 0.000729 e. The van der Waals surface area contributed by atoms with E-state index in [2.05, 4.69) is 55.1 Å². The molecule has 1 aliphatic carbocycles. The molecule has 0 heterocycles. The summed E-state index contributed by atoms with van der Waals surface area (Å²) in [6.07, 6.45) is 4.03. The maximum Gasteiger partial charge on any atom is -0.000729 e. The van der Waals surface area contributed by atoms with Gasteiger partial charge in [-0.25, -0.2) is 0 Å². The summed E-state index contributed by atoms with van der Waals surface area (Å²) >= 11 is 0. The maximum atomic E-state index is 3.75. The number of hydrogen-bond donors (Lipinski definition) is 0. The van der Waals surface area contributed by atoms with Crippen LogP contribution in [0, 0.1) is 6.08 Å². The first-order chi connectivity index (χ1) is 7.40. The number of rotatable bonds is 1. The lowest BCUT2D eigenvalue weighted by Gasteiger charge is -2.02. The fourth-order valence-electron chi connectivity index (χ4n) is 2.32. The van der Waals surface area contributed by atoms with Crippen molar-refractivity contribution in [2.24, 2.45) is 0 Å². The highest BCUT2D eigenvalue weighted by Gasteiger charge is 2.18. The van der Waals surface area contributed by atoms with Crippen molar-refractivity contribution in [2.75, 3.05) is 0 Å². The Morgan fingerprint density at radius 3 is 2.60 bits per heavy atom. The zero-order chi connectivity index (χ0) is 10.3. The van der Waals surface area contributed by atoms with Crippen LogP contribution in [0.25, 0.3) is 11.1 Å². The Morgan fingerprint density at radius 1 is 0.933 bits per heavy atom. The molecule has 0 nitrogen and oxygen atoms in total. The highest BCUT2D eigenvalue weighted by Crippen LogP contribution is 2.37. The van der Waals surface area contributed by atoms with Gasteiger partial charge in [0.1, 0.15) is 0 Å². The molecule has 0 saturated carbocycles. The zero-order valence-electron chi connectivity index (χ0n) is 8.46. The summed E-state index contributed by atoms with van der Waals surface area (Å²) in [6.45, 7) is 3.75. The molecule has 1 radical (unpaired) electrons. The van der Waals surface area contributed by atoms with Crippen molar-refractivity contribution in [3.8, 4) is 11.1 Å². The first kappa shape index (κ1) is 8.49. The summed E-state index contributed by atoms with van der Waals surface area (Å²) in [7, 11) is 0. The monoisotopic (exact) mass is 191 g/mol. The second-order valence-corrected chi connectivity index (χ2v) is 3.84. The second kappa shape index (κ2) is 3.09. The molecule has 1 aliphatic rings. The van der Waals surface area contributed by atoms with E-state index in [0.29, 0.717) is 0 Å². The largest absolute Gasteiger partial charge is 0.0905 e. The molecule has 15 heavy (non-hydrogen) atoms. The van der Waals surface area contributed by atoms with Crippen molar-refractivity contribution in [1.29, 1.82) is 0 Å². The lowest BCUT2D eigenvalue weighted by Crippen LogP contribution is -1.86. The molecule has 0 bridgehead atoms. The molecule has 0 N–H and O–H groups in total. The third-order valence-electron chi connectivity index (χ3n) is 3.04. The minimum absolute atomic E-state index is 1.02. The first-order valence-corrected chi connectivity index (χ1v) is 5.13. The minimum Gasteiger partial charge on any atom is -0.0905 e. The van der Waals surface area contributed by atoms with E-state index in [0.717, 1.165) is 12.0 Å². The minimum atomic E-state index is 1.02. The number of benzene rings is 2. The van der Waals surface area contributed by atoms with E-state index in [1.54, 1.807) is 0 Å². The quantitative estimate of drug-likeness (QED) is 0.551. The van der Waals surface area contributed by atoms with Crippen LogP contribution in [0.3, 0.4) is 0 Å². The van der Waals surface area contributed by atoms with E-state index in [1.165, 1.54) is 22.3 Å². The van der Waals surface area contributed by atoms with Gasteiger partial charge < -0.3 is 0 Å². The molecule has 0 saturated heterocycles. The molecule has 0 amide bonds. The Labute approximate surface area is 89.9 Å². The highest BCUT2D eigenvalue weighted by atomic mass is 14.2. The van der Waals surface area contributed by atoms with Gasteiger partial charge in [0.05, 0.1) is 0 Å². The normalized spacial score (nSPS) is 12.0. The molecule has 2 aromatic rings. The van der Waals surface area contributed by atoms with Crippen molar-refractivity contribution in [2.45, 2.75) is 6.42 Å². The second-order valence-electron chi connectivity index (χ2n) is 3.84. The molecule has 71 valence electrons. The van der Waals surface area contributed by atoms with E-state index in [1.807, 2.05) is 0 Å². The van der Waals surface area contributed by atoms with Crippen molar-refractivity contribution in [3.63, 3.8) is 0 Å². The van der Waals surface area contributed by atoms with Gasteiger partial charge in [-0.1, -0.05) is 49.0 Å². The summed E-state index contributed by atoms with van der Waals surface area (Å²) in [5.74, 6) is 0. The van der Waals surface area contributed by atoms with E-state index in [-0.39, 0.29) is 0 Å². The van der Waals surface area contributed by atoms with Crippen LogP contribution in [-0.4, -0.2) is 0 Å². The van der Waals surface area contributed by atoms with Crippen molar-refractivity contribution in [3.05, 3.63) is 71.8 Å². The molecule has 0 spiro atoms. The Kier molecular flexibility index (Phi) is 1.75. The summed E-state index contributed by atoms with van der Waals surface area (Å²) in [5.41, 5.74) is 6.64. The number of hydrogen-bond acceptors (Lipinski definition) is 0. The van der Waals surface area contributed by atoms with Gasteiger partial charge in [0.25, 0.3) is 0 Å². The van der Waals surface area contributed by atoms with Gasteiger partial charge >= 0.3 is 0 Å². The van der Waals surface area contributed by atoms with Crippen LogP contribution in [0.5, 0.6) is 0 Å². The molecule has 0 heteroatoms. The van der Waals surface area contributed by atoms with Gasteiger partial charge in [0, 0.05) is 0 Å². The molecule has 0 unspecified atom stereocenters. The zero-order valence-corrected chi connectivity index (χ0v) is 8.46. The molecule has 2 aromatic carbocycles. The fraction of sp³-hybridized carbons (Fsp3) is 0.0667. The lowest BCUT2D eigenvalue weighted by atomic mass is 10.0. The Balaban J connectivity index is 2.30. The van der Waals surface area contributed by atoms with Gasteiger partial charge in [-0.2, -0.15) is 0 Å².